The number of pyridine rings is 1. The number of nitrogens with zero attached hydrogens (tertiary/aromatic N) is 2. The number of carbonyl (C=O) groups excluding carboxylic acids is 1. The number of aromatic nitrogens is 1. The maximum atomic E-state index is 13.1. The molecule has 9 nitrogen and oxygen atoms in total. The summed E-state index contributed by atoms with van der Waals surface area (Å²) in [5.74, 6) is 0.535. The highest BCUT2D eigenvalue weighted by Crippen LogP contribution is 2.32. The van der Waals surface area contributed by atoms with Gasteiger partial charge in [0.2, 0.25) is 11.8 Å². The third kappa shape index (κ3) is 5.06. The van der Waals surface area contributed by atoms with E-state index in [1.165, 1.54) is 18.7 Å². The van der Waals surface area contributed by atoms with E-state index in [-0.39, 0.29) is 23.3 Å². The molecule has 1 amide bonds. The van der Waals surface area contributed by atoms with Gasteiger partial charge in [-0.05, 0) is 56.1 Å². The summed E-state index contributed by atoms with van der Waals surface area (Å²) in [5, 5.41) is 13.0. The molecule has 1 fully saturated rings. The molecule has 0 unspecified atom stereocenters. The molecule has 1 aromatic heterocycles. The Labute approximate surface area is 209 Å². The van der Waals surface area contributed by atoms with Crippen molar-refractivity contribution in [1.82, 2.24) is 9.88 Å². The molecule has 3 aromatic rings. The number of hydrogen-bond donors (Lipinski definition) is 2. The Morgan fingerprint density at radius 3 is 2.64 bits per heavy atom. The van der Waals surface area contributed by atoms with Crippen molar-refractivity contribution in [1.29, 1.82) is 0 Å². The number of piperidine rings is 1. The van der Waals surface area contributed by atoms with Gasteiger partial charge in [-0.3, -0.25) is 4.79 Å². The number of nitrogens with one attached hydrogen (secondary N) is 1. The van der Waals surface area contributed by atoms with Gasteiger partial charge in [-0.15, -0.1) is 0 Å². The van der Waals surface area contributed by atoms with Crippen molar-refractivity contribution in [3.63, 3.8) is 0 Å². The Morgan fingerprint density at radius 1 is 1.11 bits per heavy atom. The number of amides is 1. The minimum atomic E-state index is -1.08. The Hall–Kier alpha value is -3.85. The van der Waals surface area contributed by atoms with Crippen LogP contribution in [0.5, 0.6) is 17.4 Å². The zero-order valence-electron chi connectivity index (χ0n) is 20.2. The van der Waals surface area contributed by atoms with Crippen LogP contribution < -0.4 is 19.5 Å². The van der Waals surface area contributed by atoms with E-state index in [9.17, 15) is 14.7 Å². The van der Waals surface area contributed by atoms with Gasteiger partial charge < -0.3 is 29.5 Å². The van der Waals surface area contributed by atoms with Gasteiger partial charge in [0.25, 0.3) is 0 Å². The Bertz CT molecular complexity index is 1290. The van der Waals surface area contributed by atoms with Gasteiger partial charge in [0, 0.05) is 23.9 Å². The predicted octanol–water partition coefficient (Wildman–Crippen LogP) is 3.61. The number of rotatable bonds is 7. The zero-order valence-corrected chi connectivity index (χ0v) is 20.2. The molecular weight excluding hydrogens is 462 g/mol. The average molecular weight is 492 g/mol. The van der Waals surface area contributed by atoms with E-state index in [0.717, 1.165) is 50.4 Å². The molecule has 2 aliphatic rings. The number of methoxy groups -OCH3 is 1. The fourth-order valence-electron chi connectivity index (χ4n) is 4.79. The van der Waals surface area contributed by atoms with Crippen LogP contribution in [0.4, 0.5) is 5.69 Å². The second-order valence-electron chi connectivity index (χ2n) is 9.05. The van der Waals surface area contributed by atoms with Gasteiger partial charge in [0.15, 0.2) is 11.5 Å². The second-order valence-corrected chi connectivity index (χ2v) is 9.05. The van der Waals surface area contributed by atoms with Gasteiger partial charge in [0.1, 0.15) is 13.2 Å². The number of aromatic carboxylic acids is 1. The van der Waals surface area contributed by atoms with Crippen molar-refractivity contribution in [2.24, 2.45) is 5.92 Å². The van der Waals surface area contributed by atoms with E-state index < -0.39 is 5.97 Å². The standard InChI is InChI=1S/C27H29N3O6/c1-34-24-16-20(27(32)33)19-3-2-4-21(25(19)29-24)28-26(31)18-8-11-30(12-9-18)10-7-17-5-6-22-23(15-17)36-14-13-35-22/h2-6,15-16,18H,7-14H2,1H3,(H,28,31)(H,32,33). The Balaban J connectivity index is 1.19. The molecule has 0 aliphatic carbocycles. The number of para-hydroxylation sites is 1. The topological polar surface area (TPSA) is 110 Å². The highest BCUT2D eigenvalue weighted by Gasteiger charge is 2.26. The lowest BCUT2D eigenvalue weighted by Gasteiger charge is -2.31. The van der Waals surface area contributed by atoms with E-state index in [2.05, 4.69) is 27.3 Å². The summed E-state index contributed by atoms with van der Waals surface area (Å²) in [4.78, 5) is 31.6. The highest BCUT2D eigenvalue weighted by atomic mass is 16.6. The van der Waals surface area contributed by atoms with E-state index in [4.69, 9.17) is 14.2 Å². The summed E-state index contributed by atoms with van der Waals surface area (Å²) in [6.07, 6.45) is 2.42. The zero-order chi connectivity index (χ0) is 25.1. The van der Waals surface area contributed by atoms with Crippen LogP contribution in [0, 0.1) is 5.92 Å². The number of hydrogen-bond acceptors (Lipinski definition) is 7. The lowest BCUT2D eigenvalue weighted by atomic mass is 9.95. The van der Waals surface area contributed by atoms with Crippen molar-refractivity contribution in [2.45, 2.75) is 19.3 Å². The molecule has 0 bridgehead atoms. The molecule has 0 saturated carbocycles. The van der Waals surface area contributed by atoms with Crippen molar-refractivity contribution < 1.29 is 28.9 Å². The lowest BCUT2D eigenvalue weighted by molar-refractivity contribution is -0.121. The summed E-state index contributed by atoms with van der Waals surface area (Å²) in [7, 11) is 1.43. The number of fused-ring (bicyclic) bond motifs is 2. The minimum absolute atomic E-state index is 0.0736. The molecule has 0 spiro atoms. The number of likely N-dealkylation sites (tertiary alicyclic amines) is 1. The molecular formula is C27H29N3O6. The SMILES string of the molecule is COc1cc(C(=O)O)c2cccc(NC(=O)C3CCN(CCc4ccc5c(c4)OCCO5)CC3)c2n1. The maximum Gasteiger partial charge on any atom is 0.336 e. The normalized spacial score (nSPS) is 16.0. The van der Waals surface area contributed by atoms with Crippen LogP contribution in [0.25, 0.3) is 10.9 Å². The first-order valence-electron chi connectivity index (χ1n) is 12.1. The van der Waals surface area contributed by atoms with Crippen molar-refractivity contribution in [2.75, 3.05) is 45.3 Å². The van der Waals surface area contributed by atoms with Crippen LogP contribution in [-0.4, -0.2) is 66.8 Å². The van der Waals surface area contributed by atoms with Crippen LogP contribution in [-0.2, 0) is 11.2 Å². The van der Waals surface area contributed by atoms with Crippen molar-refractivity contribution in [3.8, 4) is 17.4 Å². The number of carbonyl (C=O) groups is 2. The lowest BCUT2D eigenvalue weighted by Crippen LogP contribution is -2.39. The number of carboxylic acid groups (broad SMARTS) is 1. The largest absolute Gasteiger partial charge is 0.486 e. The molecule has 2 aromatic carbocycles. The number of benzene rings is 2. The number of ether oxygens (including phenoxy) is 3. The van der Waals surface area contributed by atoms with Crippen LogP contribution in [0.15, 0.2) is 42.5 Å². The molecule has 36 heavy (non-hydrogen) atoms. The molecule has 5 rings (SSSR count). The third-order valence-electron chi connectivity index (χ3n) is 6.80. The minimum Gasteiger partial charge on any atom is -0.486 e. The molecule has 0 atom stereocenters. The molecule has 0 radical (unpaired) electrons. The average Bonchev–Trinajstić information content (AvgIpc) is 2.91. The molecule has 2 aliphatic heterocycles. The van der Waals surface area contributed by atoms with Crippen LogP contribution >= 0.6 is 0 Å². The van der Waals surface area contributed by atoms with E-state index in [0.29, 0.717) is 29.8 Å². The highest BCUT2D eigenvalue weighted by molar-refractivity contribution is 6.08. The summed E-state index contributed by atoms with van der Waals surface area (Å²) >= 11 is 0. The number of anilines is 1. The first-order chi connectivity index (χ1) is 17.5. The fourth-order valence-corrected chi connectivity index (χ4v) is 4.79. The summed E-state index contributed by atoms with van der Waals surface area (Å²) in [6.45, 7) is 3.76. The van der Waals surface area contributed by atoms with Gasteiger partial charge in [-0.2, -0.15) is 0 Å². The van der Waals surface area contributed by atoms with E-state index in [1.54, 1.807) is 18.2 Å². The summed E-state index contributed by atoms with van der Waals surface area (Å²) < 4.78 is 16.4. The first kappa shape index (κ1) is 23.9. The molecule has 2 N–H and O–H groups in total. The van der Waals surface area contributed by atoms with Crippen LogP contribution in [0.3, 0.4) is 0 Å². The second kappa shape index (κ2) is 10.4. The van der Waals surface area contributed by atoms with Crippen molar-refractivity contribution >= 4 is 28.5 Å². The molecule has 188 valence electrons. The predicted molar refractivity (Wildman–Crippen MR) is 134 cm³/mol. The van der Waals surface area contributed by atoms with Crippen molar-refractivity contribution in [3.05, 3.63) is 53.6 Å². The van der Waals surface area contributed by atoms with Crippen LogP contribution in [0.1, 0.15) is 28.8 Å². The molecule has 3 heterocycles. The Morgan fingerprint density at radius 2 is 1.89 bits per heavy atom. The van der Waals surface area contributed by atoms with Crippen LogP contribution in [0.2, 0.25) is 0 Å². The number of carboxylic acids is 1. The van der Waals surface area contributed by atoms with E-state index in [1.807, 2.05) is 6.07 Å². The Kier molecular flexibility index (Phi) is 6.90. The molecule has 9 heteroatoms. The van der Waals surface area contributed by atoms with Gasteiger partial charge in [-0.25, -0.2) is 9.78 Å². The van der Waals surface area contributed by atoms with Gasteiger partial charge in [0.05, 0.1) is 23.9 Å². The molecule has 1 saturated heterocycles. The van der Waals surface area contributed by atoms with Gasteiger partial charge >= 0.3 is 5.97 Å². The monoisotopic (exact) mass is 491 g/mol. The smallest absolute Gasteiger partial charge is 0.336 e. The van der Waals surface area contributed by atoms with E-state index >= 15 is 0 Å². The maximum absolute atomic E-state index is 13.1. The summed E-state index contributed by atoms with van der Waals surface area (Å²) in [5.41, 5.74) is 2.18. The third-order valence-corrected chi connectivity index (χ3v) is 6.80. The summed E-state index contributed by atoms with van der Waals surface area (Å²) in [6, 6.07) is 12.6. The quantitative estimate of drug-likeness (QED) is 0.516. The van der Waals surface area contributed by atoms with Gasteiger partial charge in [-0.1, -0.05) is 18.2 Å². The first-order valence-corrected chi connectivity index (χ1v) is 12.1. The fraction of sp³-hybridized carbons (Fsp3) is 0.370.